The van der Waals surface area contributed by atoms with Crippen molar-refractivity contribution in [3.05, 3.63) is 52.3 Å². The molecule has 2 aromatic carbocycles. The van der Waals surface area contributed by atoms with Gasteiger partial charge in [-0.15, -0.1) is 0 Å². The molecule has 0 atom stereocenters. The molecule has 0 fully saturated rings. The van der Waals surface area contributed by atoms with Gasteiger partial charge in [-0.3, -0.25) is 15.4 Å². The number of methoxy groups -OCH3 is 1. The van der Waals surface area contributed by atoms with Crippen molar-refractivity contribution in [2.75, 3.05) is 12.4 Å². The first-order valence-electron chi connectivity index (χ1n) is 6.05. The van der Waals surface area contributed by atoms with Crippen LogP contribution in [0, 0.1) is 15.9 Å². The van der Waals surface area contributed by atoms with E-state index < -0.39 is 22.5 Å². The molecule has 0 aliphatic carbocycles. The third-order valence-corrected chi connectivity index (χ3v) is 2.92. The van der Waals surface area contributed by atoms with Crippen LogP contribution >= 0.6 is 0 Å². The summed E-state index contributed by atoms with van der Waals surface area (Å²) in [5.41, 5.74) is -0.408. The van der Waals surface area contributed by atoms with Gasteiger partial charge in [-0.1, -0.05) is 12.1 Å². The highest BCUT2D eigenvalue weighted by atomic mass is 19.1. The summed E-state index contributed by atoms with van der Waals surface area (Å²) in [7, 11) is 1.35. The molecule has 1 amide bonds. The van der Waals surface area contributed by atoms with E-state index in [0.717, 1.165) is 6.07 Å². The number of ether oxygens (including phenoxy) is 1. The second-order valence-corrected chi connectivity index (χ2v) is 4.24. The van der Waals surface area contributed by atoms with E-state index in [1.165, 1.54) is 37.4 Å². The van der Waals surface area contributed by atoms with Crippen molar-refractivity contribution in [1.29, 1.82) is 0 Å². The van der Waals surface area contributed by atoms with Crippen LogP contribution in [0.1, 0.15) is 0 Å². The Morgan fingerprint density at radius 3 is 2.68 bits per heavy atom. The fraction of sp³-hybridized carbons (Fsp3) is 0.0714. The van der Waals surface area contributed by atoms with Crippen LogP contribution in [0.3, 0.4) is 0 Å². The van der Waals surface area contributed by atoms with E-state index in [0.29, 0.717) is 0 Å². The molecular formula is C14H11FN2O5. The number of carboxylic acid groups (broad SMARTS) is 1. The van der Waals surface area contributed by atoms with Crippen molar-refractivity contribution in [2.24, 2.45) is 0 Å². The Bertz CT molecular complexity index is 748. The summed E-state index contributed by atoms with van der Waals surface area (Å²) >= 11 is 0. The van der Waals surface area contributed by atoms with Crippen molar-refractivity contribution in [2.45, 2.75) is 0 Å². The number of halogens is 1. The standard InChI is InChI=1S/C14H11FN2O5/c1-22-12-4-2-3-9(15)13(12)8-5-6-10(16-14(18)19)11(7-8)17(20)21/h2-7,16H,1H3,(H,18,19). The highest BCUT2D eigenvalue weighted by Gasteiger charge is 2.20. The van der Waals surface area contributed by atoms with Crippen LogP contribution < -0.4 is 10.1 Å². The van der Waals surface area contributed by atoms with E-state index >= 15 is 0 Å². The lowest BCUT2D eigenvalue weighted by atomic mass is 10.0. The number of nitrogens with zero attached hydrogens (tertiary/aromatic N) is 1. The van der Waals surface area contributed by atoms with E-state index in [1.54, 1.807) is 0 Å². The van der Waals surface area contributed by atoms with Crippen molar-refractivity contribution in [1.82, 2.24) is 0 Å². The highest BCUT2D eigenvalue weighted by Crippen LogP contribution is 2.36. The molecule has 0 aliphatic heterocycles. The Labute approximate surface area is 124 Å². The Kier molecular flexibility index (Phi) is 4.21. The second kappa shape index (κ2) is 6.08. The number of nitro groups is 1. The largest absolute Gasteiger partial charge is 0.496 e. The molecule has 114 valence electrons. The number of carbonyl (C=O) groups is 1. The highest BCUT2D eigenvalue weighted by molar-refractivity contribution is 5.88. The van der Waals surface area contributed by atoms with Gasteiger partial charge in [-0.25, -0.2) is 9.18 Å². The zero-order chi connectivity index (χ0) is 16.3. The number of nitro benzene ring substituents is 1. The van der Waals surface area contributed by atoms with E-state index in [-0.39, 0.29) is 22.6 Å². The Balaban J connectivity index is 2.61. The van der Waals surface area contributed by atoms with Crippen LogP contribution in [-0.2, 0) is 0 Å². The van der Waals surface area contributed by atoms with Crippen LogP contribution in [0.5, 0.6) is 5.75 Å². The summed E-state index contributed by atoms with van der Waals surface area (Å²) in [6, 6.07) is 7.84. The molecule has 0 aromatic heterocycles. The number of hydrogen-bond acceptors (Lipinski definition) is 4. The number of anilines is 1. The molecule has 0 radical (unpaired) electrons. The SMILES string of the molecule is COc1cccc(F)c1-c1ccc(NC(=O)O)c([N+](=O)[O-])c1. The fourth-order valence-corrected chi connectivity index (χ4v) is 2.01. The first kappa shape index (κ1) is 15.2. The summed E-state index contributed by atoms with van der Waals surface area (Å²) in [5.74, 6) is -0.388. The molecule has 2 aromatic rings. The van der Waals surface area contributed by atoms with Crippen molar-refractivity contribution in [3.8, 4) is 16.9 Å². The molecule has 22 heavy (non-hydrogen) atoms. The second-order valence-electron chi connectivity index (χ2n) is 4.24. The molecule has 0 saturated heterocycles. The lowest BCUT2D eigenvalue weighted by Gasteiger charge is -2.10. The van der Waals surface area contributed by atoms with E-state index in [9.17, 15) is 19.3 Å². The van der Waals surface area contributed by atoms with Gasteiger partial charge in [0.25, 0.3) is 5.69 Å². The van der Waals surface area contributed by atoms with E-state index in [1.807, 2.05) is 5.32 Å². The lowest BCUT2D eigenvalue weighted by Crippen LogP contribution is -2.09. The first-order chi connectivity index (χ1) is 10.4. The van der Waals surface area contributed by atoms with Gasteiger partial charge < -0.3 is 9.84 Å². The molecule has 0 spiro atoms. The molecule has 0 heterocycles. The quantitative estimate of drug-likeness (QED) is 0.665. The van der Waals surface area contributed by atoms with Gasteiger partial charge in [0.2, 0.25) is 0 Å². The number of rotatable bonds is 4. The summed E-state index contributed by atoms with van der Waals surface area (Å²) < 4.78 is 19.1. The van der Waals surface area contributed by atoms with Crippen LogP contribution in [0.4, 0.5) is 20.6 Å². The van der Waals surface area contributed by atoms with Crippen molar-refractivity contribution in [3.63, 3.8) is 0 Å². The molecule has 2 N–H and O–H groups in total. The average molecular weight is 306 g/mol. The Morgan fingerprint density at radius 2 is 2.09 bits per heavy atom. The smallest absolute Gasteiger partial charge is 0.409 e. The van der Waals surface area contributed by atoms with Gasteiger partial charge in [0.1, 0.15) is 17.3 Å². The van der Waals surface area contributed by atoms with E-state index in [4.69, 9.17) is 9.84 Å². The van der Waals surface area contributed by atoms with E-state index in [2.05, 4.69) is 0 Å². The molecule has 8 heteroatoms. The Morgan fingerprint density at radius 1 is 1.36 bits per heavy atom. The molecule has 0 aliphatic rings. The van der Waals surface area contributed by atoms with Gasteiger partial charge in [0.15, 0.2) is 0 Å². The van der Waals surface area contributed by atoms with Gasteiger partial charge in [0.05, 0.1) is 17.6 Å². The van der Waals surface area contributed by atoms with Gasteiger partial charge in [-0.2, -0.15) is 0 Å². The van der Waals surface area contributed by atoms with Crippen LogP contribution in [0.2, 0.25) is 0 Å². The molecule has 2 rings (SSSR count). The molecule has 0 saturated carbocycles. The summed E-state index contributed by atoms with van der Waals surface area (Å²) in [4.78, 5) is 21.0. The molecule has 0 bridgehead atoms. The summed E-state index contributed by atoms with van der Waals surface area (Å²) in [6.07, 6.45) is -1.43. The fourth-order valence-electron chi connectivity index (χ4n) is 2.01. The molecule has 7 nitrogen and oxygen atoms in total. The maximum Gasteiger partial charge on any atom is 0.409 e. The van der Waals surface area contributed by atoms with Crippen LogP contribution in [0.15, 0.2) is 36.4 Å². The maximum atomic E-state index is 14.0. The maximum absolute atomic E-state index is 14.0. The van der Waals surface area contributed by atoms with Gasteiger partial charge in [-0.05, 0) is 23.8 Å². The van der Waals surface area contributed by atoms with Gasteiger partial charge in [0, 0.05) is 6.07 Å². The van der Waals surface area contributed by atoms with Crippen molar-refractivity contribution >= 4 is 17.5 Å². The number of benzene rings is 2. The first-order valence-corrected chi connectivity index (χ1v) is 6.05. The number of nitrogens with one attached hydrogen (secondary N) is 1. The monoisotopic (exact) mass is 306 g/mol. The predicted molar refractivity (Wildman–Crippen MR) is 76.7 cm³/mol. The minimum absolute atomic E-state index is 0.0648. The topological polar surface area (TPSA) is 102 Å². The normalized spacial score (nSPS) is 10.1. The lowest BCUT2D eigenvalue weighted by molar-refractivity contribution is -0.383. The van der Waals surface area contributed by atoms with Crippen LogP contribution in [0.25, 0.3) is 11.1 Å². The zero-order valence-electron chi connectivity index (χ0n) is 11.4. The number of hydrogen-bond donors (Lipinski definition) is 2. The van der Waals surface area contributed by atoms with Crippen LogP contribution in [-0.4, -0.2) is 23.2 Å². The minimum Gasteiger partial charge on any atom is -0.496 e. The molecular weight excluding hydrogens is 295 g/mol. The third-order valence-electron chi connectivity index (χ3n) is 2.92. The van der Waals surface area contributed by atoms with Crippen molar-refractivity contribution < 1.29 is 24.0 Å². The molecule has 0 unspecified atom stereocenters. The zero-order valence-corrected chi connectivity index (χ0v) is 11.4. The summed E-state index contributed by atoms with van der Waals surface area (Å²) in [5, 5.41) is 21.7. The predicted octanol–water partition coefficient (Wildman–Crippen LogP) is 3.50. The Hall–Kier alpha value is -3.16. The minimum atomic E-state index is -1.43. The average Bonchev–Trinajstić information content (AvgIpc) is 2.46. The number of amides is 1. The third kappa shape index (κ3) is 2.95. The van der Waals surface area contributed by atoms with Gasteiger partial charge >= 0.3 is 6.09 Å². The summed E-state index contributed by atoms with van der Waals surface area (Å²) in [6.45, 7) is 0.